The Morgan fingerprint density at radius 2 is 1.03 bits per heavy atom. The number of rotatable bonds is 4. The van der Waals surface area contributed by atoms with Gasteiger partial charge in [0.1, 0.15) is 0 Å². The first kappa shape index (κ1) is 27.5. The number of aromatic nitrogens is 4. The van der Waals surface area contributed by atoms with Crippen molar-refractivity contribution in [3.05, 3.63) is 95.8 Å². The van der Waals surface area contributed by atoms with Crippen LogP contribution in [0.1, 0.15) is 36.6 Å². The molecule has 0 saturated carbocycles. The van der Waals surface area contributed by atoms with Crippen LogP contribution in [0.5, 0.6) is 0 Å². The number of hydrogen-bond acceptors (Lipinski definition) is 4. The van der Waals surface area contributed by atoms with E-state index in [4.69, 9.17) is 0 Å². The van der Waals surface area contributed by atoms with Gasteiger partial charge in [-0.3, -0.25) is 0 Å². The Morgan fingerprint density at radius 3 is 1.39 bits per heavy atom. The first-order chi connectivity index (χ1) is 16.4. The third-order valence-electron chi connectivity index (χ3n) is 5.31. The zero-order valence-corrected chi connectivity index (χ0v) is 20.9. The summed E-state index contributed by atoms with van der Waals surface area (Å²) in [5, 5.41) is 0. The molecular weight excluding hydrogens is 665 g/mol. The van der Waals surface area contributed by atoms with Crippen LogP contribution < -0.4 is 0 Å². The standard InChI is InChI=1S/C25H16F6N4.Pt/c1-23(2,19-11-3-9-17(34-19)15-7-5-13-32-21(15)24(26,27)28)20-12-4-10-18(35-20)16-8-6-14-33-22(16)25(29,30)31;/h3-6,9-14H,1-2H3;/q-2;+2. The zero-order valence-electron chi connectivity index (χ0n) is 18.6. The van der Waals surface area contributed by atoms with Gasteiger partial charge in [0.15, 0.2) is 0 Å². The molecule has 11 heteroatoms. The smallest absolute Gasteiger partial charge is 0.348 e. The second kappa shape index (κ2) is 10.1. The van der Waals surface area contributed by atoms with Crippen LogP contribution in [0.2, 0.25) is 0 Å². The van der Waals surface area contributed by atoms with Gasteiger partial charge >= 0.3 is 33.4 Å². The Hall–Kier alpha value is -3.13. The fourth-order valence-electron chi connectivity index (χ4n) is 3.53. The molecule has 4 rings (SSSR count). The summed E-state index contributed by atoms with van der Waals surface area (Å²) in [5.74, 6) is 0. The molecule has 0 radical (unpaired) electrons. The molecule has 4 heterocycles. The van der Waals surface area contributed by atoms with E-state index in [1.807, 2.05) is 0 Å². The van der Waals surface area contributed by atoms with Gasteiger partial charge in [0.2, 0.25) is 0 Å². The van der Waals surface area contributed by atoms with Crippen molar-refractivity contribution in [1.29, 1.82) is 0 Å². The van der Waals surface area contributed by atoms with E-state index in [0.717, 1.165) is 12.4 Å². The second-order valence-electron chi connectivity index (χ2n) is 8.06. The van der Waals surface area contributed by atoms with Gasteiger partial charge in [0.05, 0.1) is 11.4 Å². The van der Waals surface area contributed by atoms with Crippen molar-refractivity contribution in [2.24, 2.45) is 0 Å². The van der Waals surface area contributed by atoms with E-state index in [0.29, 0.717) is 11.4 Å². The van der Waals surface area contributed by atoms with E-state index in [2.05, 4.69) is 32.1 Å². The monoisotopic (exact) mass is 681 g/mol. The van der Waals surface area contributed by atoms with E-state index in [9.17, 15) is 26.3 Å². The maximum absolute atomic E-state index is 13.4. The van der Waals surface area contributed by atoms with Gasteiger partial charge in [-0.25, -0.2) is 0 Å². The molecule has 0 amide bonds. The molecule has 0 aliphatic rings. The molecule has 0 unspecified atom stereocenters. The third-order valence-corrected chi connectivity index (χ3v) is 5.31. The van der Waals surface area contributed by atoms with Crippen LogP contribution in [0, 0.1) is 12.1 Å². The molecule has 188 valence electrons. The minimum atomic E-state index is -4.70. The predicted octanol–water partition coefficient (Wildman–Crippen LogP) is 6.56. The SMILES string of the molecule is CC(C)(c1cccc(-c2[c-]ccnc2C(F)(F)F)n1)c1cccc(-c2[c-]ccnc2C(F)(F)F)n1.[Pt+2]. The van der Waals surface area contributed by atoms with Crippen LogP contribution in [0.15, 0.2) is 60.9 Å². The number of hydrogen-bond donors (Lipinski definition) is 0. The second-order valence-corrected chi connectivity index (χ2v) is 8.06. The molecule has 0 spiro atoms. The summed E-state index contributed by atoms with van der Waals surface area (Å²) < 4.78 is 80.7. The Balaban J connectivity index is 0.00000361. The minimum Gasteiger partial charge on any atom is -0.348 e. The number of pyridine rings is 4. The predicted molar refractivity (Wildman–Crippen MR) is 115 cm³/mol. The fraction of sp³-hybridized carbons (Fsp3) is 0.200. The van der Waals surface area contributed by atoms with E-state index in [-0.39, 0.29) is 43.6 Å². The van der Waals surface area contributed by atoms with Crippen molar-refractivity contribution in [2.75, 3.05) is 0 Å². The molecule has 0 aliphatic carbocycles. The molecule has 0 bridgehead atoms. The molecule has 36 heavy (non-hydrogen) atoms. The van der Waals surface area contributed by atoms with E-state index < -0.39 is 29.2 Å². The van der Waals surface area contributed by atoms with Gasteiger partial charge < -0.3 is 19.9 Å². The molecule has 0 atom stereocenters. The molecule has 4 aromatic heterocycles. The van der Waals surface area contributed by atoms with E-state index in [1.165, 1.54) is 24.3 Å². The summed E-state index contributed by atoms with van der Waals surface area (Å²) in [6, 6.07) is 16.7. The molecule has 0 fully saturated rings. The summed E-state index contributed by atoms with van der Waals surface area (Å²) in [6.07, 6.45) is -7.40. The van der Waals surface area contributed by atoms with Gasteiger partial charge in [-0.15, -0.1) is 24.3 Å². The Morgan fingerprint density at radius 1 is 0.639 bits per heavy atom. The average Bonchev–Trinajstić information content (AvgIpc) is 2.83. The van der Waals surface area contributed by atoms with Crippen molar-refractivity contribution >= 4 is 0 Å². The van der Waals surface area contributed by atoms with E-state index >= 15 is 0 Å². The van der Waals surface area contributed by atoms with Crippen molar-refractivity contribution in [3.8, 4) is 22.5 Å². The van der Waals surface area contributed by atoms with Gasteiger partial charge in [-0.05, 0) is 37.4 Å². The molecule has 0 saturated heterocycles. The summed E-state index contributed by atoms with van der Waals surface area (Å²) in [4.78, 5) is 15.7. The fourth-order valence-corrected chi connectivity index (χ4v) is 3.53. The van der Waals surface area contributed by atoms with Gasteiger partial charge in [0, 0.05) is 16.8 Å². The first-order valence-corrected chi connectivity index (χ1v) is 10.2. The number of nitrogens with zero attached hydrogens (tertiary/aromatic N) is 4. The van der Waals surface area contributed by atoms with Crippen LogP contribution in [0.25, 0.3) is 22.5 Å². The van der Waals surface area contributed by atoms with Crippen LogP contribution in [0.3, 0.4) is 0 Å². The van der Waals surface area contributed by atoms with Crippen molar-refractivity contribution in [2.45, 2.75) is 31.6 Å². The Labute approximate surface area is 217 Å². The van der Waals surface area contributed by atoms with Crippen LogP contribution in [-0.4, -0.2) is 19.9 Å². The van der Waals surface area contributed by atoms with Crippen molar-refractivity contribution in [3.63, 3.8) is 0 Å². The summed E-state index contributed by atoms with van der Waals surface area (Å²) in [7, 11) is 0. The zero-order chi connectivity index (χ0) is 25.4. The van der Waals surface area contributed by atoms with E-state index in [1.54, 1.807) is 38.1 Å². The van der Waals surface area contributed by atoms with Gasteiger partial charge in [0.25, 0.3) is 0 Å². The Kier molecular flexibility index (Phi) is 7.69. The maximum Gasteiger partial charge on any atom is 2.00 e. The quantitative estimate of drug-likeness (QED) is 0.181. The summed E-state index contributed by atoms with van der Waals surface area (Å²) >= 11 is 0. The average molecular weight is 681 g/mol. The van der Waals surface area contributed by atoms with Crippen molar-refractivity contribution < 1.29 is 47.4 Å². The Bertz CT molecular complexity index is 1270. The maximum atomic E-state index is 13.4. The van der Waals surface area contributed by atoms with Crippen molar-refractivity contribution in [1.82, 2.24) is 19.9 Å². The van der Waals surface area contributed by atoms with Crippen LogP contribution in [0.4, 0.5) is 26.3 Å². The largest absolute Gasteiger partial charge is 2.00 e. The number of alkyl halides is 6. The normalized spacial score (nSPS) is 12.2. The molecule has 0 N–H and O–H groups in total. The summed E-state index contributed by atoms with van der Waals surface area (Å²) in [6.45, 7) is 3.45. The molecule has 0 aromatic carbocycles. The summed E-state index contributed by atoms with van der Waals surface area (Å²) in [5.41, 5.74) is -3.10. The number of halogens is 6. The molecular formula is C25H16F6N4Pt. The minimum absolute atomic E-state index is 0. The first-order valence-electron chi connectivity index (χ1n) is 10.2. The third kappa shape index (κ3) is 5.48. The molecule has 4 nitrogen and oxygen atoms in total. The molecule has 0 aliphatic heterocycles. The van der Waals surface area contributed by atoms with Gasteiger partial charge in [-0.1, -0.05) is 47.8 Å². The topological polar surface area (TPSA) is 51.6 Å². The van der Waals surface area contributed by atoms with Crippen LogP contribution >= 0.6 is 0 Å². The molecule has 4 aromatic rings. The van der Waals surface area contributed by atoms with Gasteiger partial charge in [-0.2, -0.15) is 26.3 Å². The van der Waals surface area contributed by atoms with Crippen LogP contribution in [-0.2, 0) is 38.8 Å².